The molecule has 2 bridgehead atoms. The molecule has 1 aromatic carbocycles. The largest absolute Gasteiger partial charge is 0.469 e. The van der Waals surface area contributed by atoms with Crippen molar-refractivity contribution in [3.63, 3.8) is 0 Å². The highest BCUT2D eigenvalue weighted by molar-refractivity contribution is 7.80. The van der Waals surface area contributed by atoms with E-state index < -0.39 is 0 Å². The molecule has 2 N–H and O–H groups in total. The lowest BCUT2D eigenvalue weighted by Crippen LogP contribution is -2.62. The lowest BCUT2D eigenvalue weighted by molar-refractivity contribution is -0.126. The third-order valence-electron chi connectivity index (χ3n) is 3.22. The van der Waals surface area contributed by atoms with Crippen LogP contribution in [-0.4, -0.2) is 17.1 Å². The summed E-state index contributed by atoms with van der Waals surface area (Å²) in [6, 6.07) is 7.64. The van der Waals surface area contributed by atoms with Crippen LogP contribution in [0.25, 0.3) is 0 Å². The Morgan fingerprint density at radius 1 is 1.35 bits per heavy atom. The zero-order valence-electron chi connectivity index (χ0n) is 9.27. The molecule has 0 aromatic heterocycles. The number of Topliss-reactive ketones (excluding diaryl/α,β-unsaturated/α-hetero) is 1. The van der Waals surface area contributed by atoms with Gasteiger partial charge in [0.1, 0.15) is 11.5 Å². The number of para-hydroxylation sites is 1. The van der Waals surface area contributed by atoms with Crippen LogP contribution in [0.3, 0.4) is 0 Å². The molecule has 0 unspecified atom stereocenters. The van der Waals surface area contributed by atoms with Gasteiger partial charge in [0, 0.05) is 5.56 Å². The number of carbonyl (C=O) groups excluding carboxylic acids is 1. The minimum atomic E-state index is -0.360. The van der Waals surface area contributed by atoms with E-state index in [1.54, 1.807) is 6.92 Å². The third kappa shape index (κ3) is 1.58. The van der Waals surface area contributed by atoms with Crippen LogP contribution in [-0.2, 0) is 4.79 Å². The van der Waals surface area contributed by atoms with E-state index in [1.165, 1.54) is 0 Å². The number of hydrogen-bond donors (Lipinski definition) is 2. The number of rotatable bonds is 1. The Morgan fingerprint density at radius 3 is 2.88 bits per heavy atom. The zero-order chi connectivity index (χ0) is 12.0. The number of hydrogen-bond acceptors (Lipinski definition) is 3. The summed E-state index contributed by atoms with van der Waals surface area (Å²) in [7, 11) is 0. The maximum Gasteiger partial charge on any atom is 0.183 e. The molecule has 1 saturated heterocycles. The number of benzene rings is 1. The van der Waals surface area contributed by atoms with Crippen LogP contribution in [0.1, 0.15) is 18.5 Å². The molecule has 3 atom stereocenters. The Labute approximate surface area is 104 Å². The van der Waals surface area contributed by atoms with Crippen LogP contribution in [0, 0.1) is 5.92 Å². The number of ether oxygens (including phenoxy) is 1. The average molecular weight is 248 g/mol. The summed E-state index contributed by atoms with van der Waals surface area (Å²) < 4.78 is 5.79. The Hall–Kier alpha value is -1.62. The van der Waals surface area contributed by atoms with Gasteiger partial charge in [-0.25, -0.2) is 0 Å². The number of fused-ring (bicyclic) bond motifs is 4. The van der Waals surface area contributed by atoms with Crippen molar-refractivity contribution >= 4 is 23.1 Å². The molecule has 2 aliphatic rings. The topological polar surface area (TPSA) is 50.4 Å². The van der Waals surface area contributed by atoms with E-state index in [-0.39, 0.29) is 24.0 Å². The molecule has 4 nitrogen and oxygen atoms in total. The zero-order valence-corrected chi connectivity index (χ0v) is 10.1. The minimum absolute atomic E-state index is 0.0869. The molecule has 88 valence electrons. The van der Waals surface area contributed by atoms with Crippen LogP contribution in [0.15, 0.2) is 24.3 Å². The van der Waals surface area contributed by atoms with Gasteiger partial charge >= 0.3 is 0 Å². The van der Waals surface area contributed by atoms with E-state index in [0.717, 1.165) is 11.3 Å². The number of nitrogens with one attached hydrogen (secondary N) is 2. The van der Waals surface area contributed by atoms with Gasteiger partial charge in [-0.2, -0.15) is 0 Å². The number of thiocarbonyl (C=S) groups is 1. The molecule has 1 aromatic rings. The summed E-state index contributed by atoms with van der Waals surface area (Å²) in [5, 5.41) is 6.69. The fourth-order valence-corrected chi connectivity index (χ4v) is 2.71. The summed E-state index contributed by atoms with van der Waals surface area (Å²) in [5.41, 5.74) is 0.993. The first-order chi connectivity index (χ1) is 8.16. The summed E-state index contributed by atoms with van der Waals surface area (Å²) in [5.74, 6) is 0.663. The van der Waals surface area contributed by atoms with Gasteiger partial charge in [0.15, 0.2) is 11.3 Å². The SMILES string of the molecule is CC(=O)[C@@H]1[C@H]2NC(=S)N[C@H]1c1ccccc1O2. The normalized spacial score (nSPS) is 29.5. The molecular formula is C12H12N2O2S. The Morgan fingerprint density at radius 2 is 2.12 bits per heavy atom. The molecule has 0 radical (unpaired) electrons. The molecule has 3 rings (SSSR count). The van der Waals surface area contributed by atoms with E-state index in [0.29, 0.717) is 5.11 Å². The highest BCUT2D eigenvalue weighted by Gasteiger charge is 2.44. The second kappa shape index (κ2) is 3.70. The van der Waals surface area contributed by atoms with Crippen LogP contribution in [0.2, 0.25) is 0 Å². The predicted molar refractivity (Wildman–Crippen MR) is 66.6 cm³/mol. The van der Waals surface area contributed by atoms with Gasteiger partial charge < -0.3 is 15.4 Å². The van der Waals surface area contributed by atoms with Gasteiger partial charge in [0.25, 0.3) is 0 Å². The average Bonchev–Trinajstić information content (AvgIpc) is 2.27. The molecule has 2 heterocycles. The van der Waals surface area contributed by atoms with Gasteiger partial charge in [0.2, 0.25) is 0 Å². The smallest absolute Gasteiger partial charge is 0.183 e. The molecule has 5 heteroatoms. The predicted octanol–water partition coefficient (Wildman–Crippen LogP) is 1.13. The third-order valence-corrected chi connectivity index (χ3v) is 3.46. The second-order valence-corrected chi connectivity index (χ2v) is 4.72. The van der Waals surface area contributed by atoms with Crippen LogP contribution in [0.4, 0.5) is 0 Å². The molecule has 0 saturated carbocycles. The summed E-state index contributed by atoms with van der Waals surface area (Å²) in [6.07, 6.45) is -0.360. The van der Waals surface area contributed by atoms with Crippen LogP contribution < -0.4 is 15.4 Å². The van der Waals surface area contributed by atoms with Crippen molar-refractivity contribution in [3.8, 4) is 5.75 Å². The van der Waals surface area contributed by atoms with E-state index in [4.69, 9.17) is 17.0 Å². The van der Waals surface area contributed by atoms with Crippen molar-refractivity contribution in [2.75, 3.05) is 0 Å². The molecule has 0 aliphatic carbocycles. The Balaban J connectivity index is 2.10. The maximum atomic E-state index is 11.7. The summed E-state index contributed by atoms with van der Waals surface area (Å²) in [4.78, 5) is 11.7. The van der Waals surface area contributed by atoms with E-state index in [1.807, 2.05) is 24.3 Å². The standard InChI is InChI=1S/C12H12N2O2S/c1-6(15)9-10-7-4-2-3-5-8(7)16-11(9)14-12(17)13-10/h2-5,9-11H,1H3,(H2,13,14,17)/t9-,10-,11-/m0/s1. The van der Waals surface area contributed by atoms with Gasteiger partial charge in [-0.1, -0.05) is 18.2 Å². The lowest BCUT2D eigenvalue weighted by atomic mass is 9.84. The highest BCUT2D eigenvalue weighted by Crippen LogP contribution is 2.39. The van der Waals surface area contributed by atoms with Crippen LogP contribution in [0.5, 0.6) is 5.75 Å². The van der Waals surface area contributed by atoms with Crippen molar-refractivity contribution in [2.45, 2.75) is 19.2 Å². The van der Waals surface area contributed by atoms with Gasteiger partial charge in [-0.3, -0.25) is 4.79 Å². The van der Waals surface area contributed by atoms with Crippen molar-refractivity contribution in [1.29, 1.82) is 0 Å². The van der Waals surface area contributed by atoms with E-state index in [2.05, 4.69) is 10.6 Å². The van der Waals surface area contributed by atoms with E-state index in [9.17, 15) is 4.79 Å². The number of ketones is 1. The fourth-order valence-electron chi connectivity index (χ4n) is 2.47. The molecule has 1 fully saturated rings. The first-order valence-corrected chi connectivity index (χ1v) is 5.91. The van der Waals surface area contributed by atoms with Crippen molar-refractivity contribution in [2.24, 2.45) is 5.92 Å². The van der Waals surface area contributed by atoms with Crippen molar-refractivity contribution in [1.82, 2.24) is 10.6 Å². The van der Waals surface area contributed by atoms with Gasteiger partial charge in [-0.05, 0) is 25.2 Å². The van der Waals surface area contributed by atoms with Gasteiger partial charge in [0.05, 0.1) is 12.0 Å². The maximum absolute atomic E-state index is 11.7. The summed E-state index contributed by atoms with van der Waals surface area (Å²) in [6.45, 7) is 1.58. The fraction of sp³-hybridized carbons (Fsp3) is 0.333. The molecule has 0 amide bonds. The monoisotopic (exact) mass is 248 g/mol. The first-order valence-electron chi connectivity index (χ1n) is 5.50. The molecule has 17 heavy (non-hydrogen) atoms. The van der Waals surface area contributed by atoms with Crippen molar-refractivity contribution < 1.29 is 9.53 Å². The molecule has 0 spiro atoms. The Bertz CT molecular complexity index is 503. The van der Waals surface area contributed by atoms with E-state index >= 15 is 0 Å². The highest BCUT2D eigenvalue weighted by atomic mass is 32.1. The van der Waals surface area contributed by atoms with Crippen molar-refractivity contribution in [3.05, 3.63) is 29.8 Å². The lowest BCUT2D eigenvalue weighted by Gasteiger charge is -2.43. The first kappa shape index (κ1) is 10.5. The molecular weight excluding hydrogens is 236 g/mol. The second-order valence-electron chi connectivity index (χ2n) is 4.31. The molecule has 2 aliphatic heterocycles. The Kier molecular flexibility index (Phi) is 2.29. The minimum Gasteiger partial charge on any atom is -0.469 e. The number of carbonyl (C=O) groups is 1. The summed E-state index contributed by atoms with van der Waals surface area (Å²) >= 11 is 5.12. The quantitative estimate of drug-likeness (QED) is 0.730. The van der Waals surface area contributed by atoms with Gasteiger partial charge in [-0.15, -0.1) is 0 Å². The van der Waals surface area contributed by atoms with Crippen LogP contribution >= 0.6 is 12.2 Å².